The van der Waals surface area contributed by atoms with Gasteiger partial charge in [0.2, 0.25) is 0 Å². The van der Waals surface area contributed by atoms with Crippen LogP contribution in [-0.2, 0) is 11.3 Å². The zero-order chi connectivity index (χ0) is 17.3. The zero-order valence-electron chi connectivity index (χ0n) is 13.4. The minimum atomic E-state index is -0.345. The summed E-state index contributed by atoms with van der Waals surface area (Å²) < 4.78 is 15.0. The second-order valence-corrected chi connectivity index (χ2v) is 6.87. The van der Waals surface area contributed by atoms with Gasteiger partial charge in [0, 0.05) is 18.4 Å². The molecule has 0 aliphatic carbocycles. The monoisotopic (exact) mass is 344 g/mol. The van der Waals surface area contributed by atoms with Crippen molar-refractivity contribution in [1.29, 1.82) is 0 Å². The fourth-order valence-corrected chi connectivity index (χ4v) is 3.24. The molecule has 6 heteroatoms. The topological polar surface area (TPSA) is 42.3 Å². The van der Waals surface area contributed by atoms with Crippen molar-refractivity contribution in [2.75, 3.05) is 0 Å². The van der Waals surface area contributed by atoms with E-state index >= 15 is 0 Å². The first-order valence-corrected chi connectivity index (χ1v) is 8.43. The number of hydrogen-bond donors (Lipinski definition) is 0. The lowest BCUT2D eigenvalue weighted by atomic mass is 10.2. The van der Waals surface area contributed by atoms with Crippen LogP contribution in [0.1, 0.15) is 31.0 Å². The van der Waals surface area contributed by atoms with E-state index in [0.29, 0.717) is 16.5 Å². The third kappa shape index (κ3) is 3.43. The Labute approximate surface area is 144 Å². The summed E-state index contributed by atoms with van der Waals surface area (Å²) in [5.74, 6) is -0.658. The van der Waals surface area contributed by atoms with Gasteiger partial charge in [0.1, 0.15) is 5.82 Å². The van der Waals surface area contributed by atoms with Gasteiger partial charge in [-0.15, -0.1) is 0 Å². The molecule has 0 unspecified atom stereocenters. The maximum atomic E-state index is 13.0. The van der Waals surface area contributed by atoms with Crippen molar-refractivity contribution in [2.24, 2.45) is 0 Å². The Hall–Kier alpha value is -2.34. The molecular weight excluding hydrogens is 327 g/mol. The molecule has 1 saturated heterocycles. The van der Waals surface area contributed by atoms with Crippen molar-refractivity contribution < 1.29 is 14.0 Å². The predicted molar refractivity (Wildman–Crippen MR) is 92.7 cm³/mol. The average molecular weight is 344 g/mol. The van der Waals surface area contributed by atoms with Gasteiger partial charge >= 0.3 is 0 Å². The van der Waals surface area contributed by atoms with Crippen LogP contribution in [0.25, 0.3) is 6.08 Å². The predicted octanol–water partition coefficient (Wildman–Crippen LogP) is 4.44. The van der Waals surface area contributed by atoms with E-state index in [-0.39, 0.29) is 23.5 Å². The highest BCUT2D eigenvalue weighted by Crippen LogP contribution is 2.33. The maximum absolute atomic E-state index is 13.0. The molecule has 3 rings (SSSR count). The van der Waals surface area contributed by atoms with Gasteiger partial charge in [-0.25, -0.2) is 4.39 Å². The SMILES string of the molecule is CC(C)n1ccc(/C=C2/SC(=O)N(Cc3ccc(F)cc3)C2=O)c1. The van der Waals surface area contributed by atoms with Gasteiger partial charge in [-0.1, -0.05) is 12.1 Å². The Morgan fingerprint density at radius 3 is 2.50 bits per heavy atom. The van der Waals surface area contributed by atoms with Crippen LogP contribution < -0.4 is 0 Å². The highest BCUT2D eigenvalue weighted by atomic mass is 32.2. The number of halogens is 1. The minimum Gasteiger partial charge on any atom is -0.351 e. The van der Waals surface area contributed by atoms with Gasteiger partial charge in [0.05, 0.1) is 11.4 Å². The van der Waals surface area contributed by atoms with Crippen LogP contribution in [0.15, 0.2) is 47.6 Å². The van der Waals surface area contributed by atoms with E-state index < -0.39 is 0 Å². The molecule has 2 amide bonds. The average Bonchev–Trinajstić information content (AvgIpc) is 3.10. The standard InChI is InChI=1S/C18H17FN2O2S/c1-12(2)20-8-7-14(10-20)9-16-17(22)21(18(23)24-16)11-13-3-5-15(19)6-4-13/h3-10,12H,11H2,1-2H3/b16-9+. The molecule has 2 aromatic rings. The lowest BCUT2D eigenvalue weighted by Gasteiger charge is -2.12. The summed E-state index contributed by atoms with van der Waals surface area (Å²) in [6.45, 7) is 4.29. The number of benzene rings is 1. The molecule has 1 fully saturated rings. The fraction of sp³-hybridized carbons (Fsp3) is 0.222. The lowest BCUT2D eigenvalue weighted by Crippen LogP contribution is -2.27. The molecular formula is C18H17FN2O2S. The molecule has 1 aliphatic heterocycles. The smallest absolute Gasteiger partial charge is 0.293 e. The molecule has 0 N–H and O–H groups in total. The van der Waals surface area contributed by atoms with E-state index in [2.05, 4.69) is 13.8 Å². The van der Waals surface area contributed by atoms with E-state index in [0.717, 1.165) is 17.3 Å². The molecule has 124 valence electrons. The van der Waals surface area contributed by atoms with E-state index in [1.54, 1.807) is 18.2 Å². The van der Waals surface area contributed by atoms with Crippen LogP contribution in [0.5, 0.6) is 0 Å². The van der Waals surface area contributed by atoms with E-state index in [9.17, 15) is 14.0 Å². The van der Waals surface area contributed by atoms with Gasteiger partial charge < -0.3 is 4.57 Å². The maximum Gasteiger partial charge on any atom is 0.293 e. The summed E-state index contributed by atoms with van der Waals surface area (Å²) >= 11 is 0.932. The van der Waals surface area contributed by atoms with Gasteiger partial charge in [-0.05, 0) is 61.0 Å². The number of imide groups is 1. The van der Waals surface area contributed by atoms with Crippen LogP contribution in [0.3, 0.4) is 0 Å². The Kier molecular flexibility index (Phi) is 4.57. The molecule has 0 saturated carbocycles. The highest BCUT2D eigenvalue weighted by Gasteiger charge is 2.35. The van der Waals surface area contributed by atoms with Crippen molar-refractivity contribution in [3.63, 3.8) is 0 Å². The number of rotatable bonds is 4. The first-order valence-electron chi connectivity index (χ1n) is 7.61. The molecule has 1 aromatic carbocycles. The Morgan fingerprint density at radius 1 is 1.17 bits per heavy atom. The summed E-state index contributed by atoms with van der Waals surface area (Å²) in [4.78, 5) is 26.2. The van der Waals surface area contributed by atoms with E-state index in [1.165, 1.54) is 17.0 Å². The van der Waals surface area contributed by atoms with Crippen LogP contribution in [0, 0.1) is 5.82 Å². The van der Waals surface area contributed by atoms with Crippen molar-refractivity contribution in [1.82, 2.24) is 9.47 Å². The summed E-state index contributed by atoms with van der Waals surface area (Å²) in [5, 5.41) is -0.307. The molecule has 24 heavy (non-hydrogen) atoms. The second kappa shape index (κ2) is 6.65. The quantitative estimate of drug-likeness (QED) is 0.770. The molecule has 1 aromatic heterocycles. The number of aromatic nitrogens is 1. The summed E-state index contributed by atoms with van der Waals surface area (Å²) in [5.41, 5.74) is 1.60. The van der Waals surface area contributed by atoms with E-state index in [4.69, 9.17) is 0 Å². The van der Waals surface area contributed by atoms with Crippen LogP contribution in [-0.4, -0.2) is 20.6 Å². The minimum absolute atomic E-state index is 0.148. The largest absolute Gasteiger partial charge is 0.351 e. The van der Waals surface area contributed by atoms with Crippen LogP contribution in [0.4, 0.5) is 9.18 Å². The van der Waals surface area contributed by atoms with Crippen molar-refractivity contribution in [3.8, 4) is 0 Å². The number of thioether (sulfide) groups is 1. The highest BCUT2D eigenvalue weighted by molar-refractivity contribution is 8.18. The van der Waals surface area contributed by atoms with Gasteiger partial charge in [0.25, 0.3) is 11.1 Å². The first-order chi connectivity index (χ1) is 11.4. The lowest BCUT2D eigenvalue weighted by molar-refractivity contribution is -0.123. The van der Waals surface area contributed by atoms with Gasteiger partial charge in [0.15, 0.2) is 0 Å². The van der Waals surface area contributed by atoms with Crippen LogP contribution in [0.2, 0.25) is 0 Å². The van der Waals surface area contributed by atoms with Crippen molar-refractivity contribution in [3.05, 3.63) is 64.6 Å². The number of carbonyl (C=O) groups is 2. The molecule has 0 radical (unpaired) electrons. The normalized spacial score (nSPS) is 16.7. The van der Waals surface area contributed by atoms with Crippen LogP contribution >= 0.6 is 11.8 Å². The van der Waals surface area contributed by atoms with Gasteiger partial charge in [-0.3, -0.25) is 14.5 Å². The Balaban J connectivity index is 1.77. The van der Waals surface area contributed by atoms with Crippen molar-refractivity contribution >= 4 is 29.0 Å². The molecule has 1 aliphatic rings. The molecule has 4 nitrogen and oxygen atoms in total. The molecule has 0 atom stereocenters. The fourth-order valence-electron chi connectivity index (χ4n) is 2.40. The first kappa shape index (κ1) is 16.5. The number of hydrogen-bond acceptors (Lipinski definition) is 3. The van der Waals surface area contributed by atoms with Crippen molar-refractivity contribution in [2.45, 2.75) is 26.4 Å². The number of carbonyl (C=O) groups excluding carboxylic acids is 2. The van der Waals surface area contributed by atoms with E-state index in [1.807, 2.05) is 23.0 Å². The summed E-state index contributed by atoms with van der Waals surface area (Å²) in [6.07, 6.45) is 5.62. The third-order valence-electron chi connectivity index (χ3n) is 3.76. The third-order valence-corrected chi connectivity index (χ3v) is 4.67. The molecule has 2 heterocycles. The Morgan fingerprint density at radius 2 is 1.88 bits per heavy atom. The number of nitrogens with zero attached hydrogens (tertiary/aromatic N) is 2. The molecule has 0 bridgehead atoms. The number of amides is 2. The summed E-state index contributed by atoms with van der Waals surface area (Å²) in [7, 11) is 0. The van der Waals surface area contributed by atoms with Gasteiger partial charge in [-0.2, -0.15) is 0 Å². The Bertz CT molecular complexity index is 809. The zero-order valence-corrected chi connectivity index (χ0v) is 14.2. The summed E-state index contributed by atoms with van der Waals surface area (Å²) in [6, 6.07) is 8.03. The second-order valence-electron chi connectivity index (χ2n) is 5.88. The molecule has 0 spiro atoms.